The zero-order valence-corrected chi connectivity index (χ0v) is 17.2. The summed E-state index contributed by atoms with van der Waals surface area (Å²) in [7, 11) is 1.47. The van der Waals surface area contributed by atoms with Gasteiger partial charge >= 0.3 is 5.97 Å². The predicted molar refractivity (Wildman–Crippen MR) is 108 cm³/mol. The second-order valence-corrected chi connectivity index (χ2v) is 7.76. The van der Waals surface area contributed by atoms with Gasteiger partial charge in [0.2, 0.25) is 0 Å². The molecule has 1 saturated heterocycles. The maximum atomic E-state index is 11.0. The molecule has 0 aromatic carbocycles. The molecule has 1 aliphatic heterocycles. The van der Waals surface area contributed by atoms with E-state index < -0.39 is 0 Å². The third-order valence-electron chi connectivity index (χ3n) is 5.36. The van der Waals surface area contributed by atoms with Crippen molar-refractivity contribution in [3.63, 3.8) is 0 Å². The van der Waals surface area contributed by atoms with Gasteiger partial charge in [-0.3, -0.25) is 4.79 Å². The number of ether oxygens (including phenoxy) is 2. The molecule has 4 heteroatoms. The Morgan fingerprint density at radius 3 is 1.88 bits per heavy atom. The lowest BCUT2D eigenvalue weighted by Crippen LogP contribution is -2.35. The molecule has 1 aliphatic rings. The molecule has 1 unspecified atom stereocenters. The normalized spacial score (nSPS) is 17.3. The summed E-state index contributed by atoms with van der Waals surface area (Å²) < 4.78 is 10.6. The van der Waals surface area contributed by atoms with Gasteiger partial charge in [0, 0.05) is 19.6 Å². The van der Waals surface area contributed by atoms with Crippen molar-refractivity contribution in [3.05, 3.63) is 0 Å². The van der Waals surface area contributed by atoms with Gasteiger partial charge in [-0.1, -0.05) is 70.6 Å². The van der Waals surface area contributed by atoms with Crippen LogP contribution in [0.4, 0.5) is 0 Å². The molecule has 0 aliphatic carbocycles. The van der Waals surface area contributed by atoms with Crippen LogP contribution in [0.2, 0.25) is 0 Å². The molecule has 0 spiro atoms. The van der Waals surface area contributed by atoms with Crippen LogP contribution < -0.4 is 5.32 Å². The van der Waals surface area contributed by atoms with Crippen LogP contribution in [0.1, 0.15) is 103 Å². The van der Waals surface area contributed by atoms with Gasteiger partial charge < -0.3 is 14.8 Å². The minimum atomic E-state index is -0.0703. The minimum Gasteiger partial charge on any atom is -0.469 e. The SMILES string of the molecule is COC(=O)CCCCCCCCCCCCCCCOC1CCCNC1. The van der Waals surface area contributed by atoms with E-state index in [1.165, 1.54) is 90.6 Å². The highest BCUT2D eigenvalue weighted by molar-refractivity contribution is 5.68. The summed E-state index contributed by atoms with van der Waals surface area (Å²) in [5.74, 6) is -0.0703. The van der Waals surface area contributed by atoms with Gasteiger partial charge in [-0.05, 0) is 32.2 Å². The maximum absolute atomic E-state index is 11.0. The standard InChI is InChI=1S/C22H43NO3/c1-25-22(24)17-13-11-9-7-5-3-2-4-6-8-10-12-14-19-26-21-16-15-18-23-20-21/h21,23H,2-20H2,1H3. The molecule has 26 heavy (non-hydrogen) atoms. The smallest absolute Gasteiger partial charge is 0.305 e. The van der Waals surface area contributed by atoms with Crippen LogP contribution in [-0.4, -0.2) is 38.9 Å². The molecular formula is C22H43NO3. The van der Waals surface area contributed by atoms with Crippen molar-refractivity contribution < 1.29 is 14.3 Å². The van der Waals surface area contributed by atoms with Crippen molar-refractivity contribution in [1.29, 1.82) is 0 Å². The number of piperidine rings is 1. The summed E-state index contributed by atoms with van der Waals surface area (Å²) in [6.45, 7) is 3.16. The van der Waals surface area contributed by atoms with Gasteiger partial charge in [-0.15, -0.1) is 0 Å². The summed E-state index contributed by atoms with van der Waals surface area (Å²) in [5.41, 5.74) is 0. The molecule has 0 bridgehead atoms. The van der Waals surface area contributed by atoms with E-state index in [4.69, 9.17) is 4.74 Å². The Labute approximate surface area is 161 Å². The predicted octanol–water partition coefficient (Wildman–Crippen LogP) is 5.39. The lowest BCUT2D eigenvalue weighted by atomic mass is 10.0. The van der Waals surface area contributed by atoms with Crippen molar-refractivity contribution in [2.75, 3.05) is 26.8 Å². The van der Waals surface area contributed by atoms with E-state index in [9.17, 15) is 4.79 Å². The Hall–Kier alpha value is -0.610. The van der Waals surface area contributed by atoms with Crippen molar-refractivity contribution in [1.82, 2.24) is 5.32 Å². The van der Waals surface area contributed by atoms with Crippen LogP contribution in [0.25, 0.3) is 0 Å². The van der Waals surface area contributed by atoms with Crippen molar-refractivity contribution in [2.24, 2.45) is 0 Å². The molecule has 1 heterocycles. The first-order chi connectivity index (χ1) is 12.8. The number of methoxy groups -OCH3 is 1. The topological polar surface area (TPSA) is 47.6 Å². The van der Waals surface area contributed by atoms with Gasteiger partial charge in [0.1, 0.15) is 0 Å². The van der Waals surface area contributed by atoms with Gasteiger partial charge in [0.05, 0.1) is 13.2 Å². The number of nitrogens with one attached hydrogen (secondary N) is 1. The maximum Gasteiger partial charge on any atom is 0.305 e. The lowest BCUT2D eigenvalue weighted by molar-refractivity contribution is -0.140. The Kier molecular flexibility index (Phi) is 16.0. The minimum absolute atomic E-state index is 0.0703. The third-order valence-corrected chi connectivity index (χ3v) is 5.36. The van der Waals surface area contributed by atoms with E-state index in [-0.39, 0.29) is 5.97 Å². The first kappa shape index (κ1) is 23.4. The summed E-state index contributed by atoms with van der Waals surface area (Å²) in [6.07, 6.45) is 20.5. The second-order valence-electron chi connectivity index (χ2n) is 7.76. The third kappa shape index (κ3) is 14.5. The monoisotopic (exact) mass is 369 g/mol. The van der Waals surface area contributed by atoms with E-state index in [2.05, 4.69) is 10.1 Å². The average Bonchev–Trinajstić information content (AvgIpc) is 2.68. The van der Waals surface area contributed by atoms with Crippen LogP contribution in [0, 0.1) is 0 Å². The number of hydrogen-bond acceptors (Lipinski definition) is 4. The number of carbonyl (C=O) groups is 1. The second kappa shape index (κ2) is 17.8. The van der Waals surface area contributed by atoms with Crippen LogP contribution in [-0.2, 0) is 14.3 Å². The highest BCUT2D eigenvalue weighted by Gasteiger charge is 2.12. The summed E-state index contributed by atoms with van der Waals surface area (Å²) in [5, 5.41) is 3.40. The lowest BCUT2D eigenvalue weighted by Gasteiger charge is -2.22. The summed E-state index contributed by atoms with van der Waals surface area (Å²) in [6, 6.07) is 0. The number of hydrogen-bond donors (Lipinski definition) is 1. The van der Waals surface area contributed by atoms with E-state index in [0.29, 0.717) is 12.5 Å². The van der Waals surface area contributed by atoms with Crippen LogP contribution >= 0.6 is 0 Å². The highest BCUT2D eigenvalue weighted by atomic mass is 16.5. The van der Waals surface area contributed by atoms with E-state index in [0.717, 1.165) is 32.5 Å². The molecule has 4 nitrogen and oxygen atoms in total. The molecule has 1 fully saturated rings. The quantitative estimate of drug-likeness (QED) is 0.276. The molecule has 0 amide bonds. The Bertz CT molecular complexity index is 317. The van der Waals surface area contributed by atoms with Crippen molar-refractivity contribution in [2.45, 2.75) is 109 Å². The largest absolute Gasteiger partial charge is 0.469 e. The molecule has 154 valence electrons. The number of rotatable bonds is 17. The molecule has 1 rings (SSSR count). The number of carbonyl (C=O) groups excluding carboxylic acids is 1. The first-order valence-electron chi connectivity index (χ1n) is 11.2. The Morgan fingerprint density at radius 1 is 0.846 bits per heavy atom. The number of unbranched alkanes of at least 4 members (excludes halogenated alkanes) is 12. The van der Waals surface area contributed by atoms with E-state index in [1.54, 1.807) is 0 Å². The van der Waals surface area contributed by atoms with Gasteiger partial charge in [0.25, 0.3) is 0 Å². The van der Waals surface area contributed by atoms with Crippen LogP contribution in [0.5, 0.6) is 0 Å². The molecule has 0 radical (unpaired) electrons. The fourth-order valence-corrected chi connectivity index (χ4v) is 3.63. The zero-order chi connectivity index (χ0) is 18.7. The zero-order valence-electron chi connectivity index (χ0n) is 17.2. The first-order valence-corrected chi connectivity index (χ1v) is 11.2. The fraction of sp³-hybridized carbons (Fsp3) is 0.955. The fourth-order valence-electron chi connectivity index (χ4n) is 3.63. The summed E-state index contributed by atoms with van der Waals surface area (Å²) >= 11 is 0. The van der Waals surface area contributed by atoms with E-state index >= 15 is 0 Å². The highest BCUT2D eigenvalue weighted by Crippen LogP contribution is 2.13. The average molecular weight is 370 g/mol. The Balaban J connectivity index is 1.67. The van der Waals surface area contributed by atoms with Crippen LogP contribution in [0.15, 0.2) is 0 Å². The molecule has 0 aromatic rings. The van der Waals surface area contributed by atoms with Crippen molar-refractivity contribution >= 4 is 5.97 Å². The molecule has 0 aromatic heterocycles. The van der Waals surface area contributed by atoms with Gasteiger partial charge in [0.15, 0.2) is 0 Å². The Morgan fingerprint density at radius 2 is 1.38 bits per heavy atom. The van der Waals surface area contributed by atoms with Crippen LogP contribution in [0.3, 0.4) is 0 Å². The van der Waals surface area contributed by atoms with Gasteiger partial charge in [-0.2, -0.15) is 0 Å². The van der Waals surface area contributed by atoms with E-state index in [1.807, 2.05) is 0 Å². The molecule has 0 saturated carbocycles. The molecule has 1 atom stereocenters. The van der Waals surface area contributed by atoms with Crippen molar-refractivity contribution in [3.8, 4) is 0 Å². The molecule has 1 N–H and O–H groups in total. The van der Waals surface area contributed by atoms with Gasteiger partial charge in [-0.25, -0.2) is 0 Å². The summed E-state index contributed by atoms with van der Waals surface area (Å²) in [4.78, 5) is 11.0. The molecular weight excluding hydrogens is 326 g/mol. The number of esters is 1.